The van der Waals surface area contributed by atoms with Gasteiger partial charge in [-0.1, -0.05) is 71.1 Å². The Hall–Kier alpha value is -3.03. The standard InChI is InChI=1S/C27H40N4O4/c1-5-6-7-8-9-10-11-12-13-14-15-16-24(34)35-21-17-22(32)25(23(33)18-21)26-29-30(4)27-19(2)20(3)28-31(26)27/h17-18,32-33H,5-16H2,1-4H3. The van der Waals surface area contributed by atoms with Gasteiger partial charge in [0.15, 0.2) is 11.5 Å². The van der Waals surface area contributed by atoms with E-state index in [-0.39, 0.29) is 28.8 Å². The van der Waals surface area contributed by atoms with Gasteiger partial charge in [0.25, 0.3) is 0 Å². The number of rotatable bonds is 14. The molecule has 0 unspecified atom stereocenters. The minimum absolute atomic E-state index is 0.108. The van der Waals surface area contributed by atoms with Crippen LogP contribution < -0.4 is 4.74 Å². The zero-order valence-electron chi connectivity index (χ0n) is 21.6. The van der Waals surface area contributed by atoms with Crippen molar-refractivity contribution >= 4 is 11.6 Å². The maximum atomic E-state index is 12.3. The molecule has 0 saturated carbocycles. The van der Waals surface area contributed by atoms with E-state index in [1.165, 1.54) is 63.5 Å². The third kappa shape index (κ3) is 6.77. The molecule has 0 bridgehead atoms. The summed E-state index contributed by atoms with van der Waals surface area (Å²) in [5.74, 6) is -0.406. The van der Waals surface area contributed by atoms with E-state index in [0.29, 0.717) is 12.2 Å². The Morgan fingerprint density at radius 2 is 1.43 bits per heavy atom. The van der Waals surface area contributed by atoms with Gasteiger partial charge in [-0.25, -0.2) is 4.68 Å². The van der Waals surface area contributed by atoms with Gasteiger partial charge in [0.2, 0.25) is 0 Å². The van der Waals surface area contributed by atoms with Crippen LogP contribution in [0.4, 0.5) is 0 Å². The van der Waals surface area contributed by atoms with E-state index in [0.717, 1.165) is 36.2 Å². The second kappa shape index (κ2) is 12.6. The lowest BCUT2D eigenvalue weighted by Gasteiger charge is -2.09. The average molecular weight is 485 g/mol. The summed E-state index contributed by atoms with van der Waals surface area (Å²) in [7, 11) is 1.78. The van der Waals surface area contributed by atoms with Gasteiger partial charge in [0, 0.05) is 31.2 Å². The number of phenolic OH excluding ortho intramolecular Hbond substituents is 2. The lowest BCUT2D eigenvalue weighted by molar-refractivity contribution is -0.134. The molecule has 0 fully saturated rings. The summed E-state index contributed by atoms with van der Waals surface area (Å²) >= 11 is 0. The van der Waals surface area contributed by atoms with E-state index in [9.17, 15) is 15.0 Å². The first-order valence-electron chi connectivity index (χ1n) is 13.0. The molecule has 0 radical (unpaired) electrons. The highest BCUT2D eigenvalue weighted by atomic mass is 16.5. The number of fused-ring (bicyclic) bond motifs is 1. The maximum Gasteiger partial charge on any atom is 0.311 e. The zero-order chi connectivity index (χ0) is 25.4. The Kier molecular flexibility index (Phi) is 9.57. The van der Waals surface area contributed by atoms with Crippen molar-refractivity contribution in [2.24, 2.45) is 7.05 Å². The number of phenols is 2. The van der Waals surface area contributed by atoms with Crippen molar-refractivity contribution in [3.8, 4) is 28.6 Å². The molecule has 8 heteroatoms. The molecule has 0 aliphatic carbocycles. The van der Waals surface area contributed by atoms with Gasteiger partial charge in [-0.15, -0.1) is 0 Å². The minimum atomic E-state index is -0.369. The van der Waals surface area contributed by atoms with Crippen molar-refractivity contribution in [1.29, 1.82) is 0 Å². The molecule has 0 aliphatic heterocycles. The quantitative estimate of drug-likeness (QED) is 0.157. The summed E-state index contributed by atoms with van der Waals surface area (Å²) in [4.78, 5) is 12.3. The third-order valence-corrected chi connectivity index (χ3v) is 6.59. The van der Waals surface area contributed by atoms with E-state index >= 15 is 0 Å². The molecule has 2 aromatic heterocycles. The molecule has 8 nitrogen and oxygen atoms in total. The number of aromatic hydroxyl groups is 2. The van der Waals surface area contributed by atoms with Crippen molar-refractivity contribution in [1.82, 2.24) is 19.4 Å². The number of ether oxygens (including phenoxy) is 1. The van der Waals surface area contributed by atoms with Gasteiger partial charge in [-0.05, 0) is 20.3 Å². The summed E-state index contributed by atoms with van der Waals surface area (Å²) in [6.07, 6.45) is 13.7. The van der Waals surface area contributed by atoms with Crippen LogP contribution in [0.2, 0.25) is 0 Å². The van der Waals surface area contributed by atoms with Crippen molar-refractivity contribution in [2.45, 2.75) is 97.8 Å². The number of aromatic nitrogens is 4. The fraction of sp³-hybridized carbons (Fsp3) is 0.593. The minimum Gasteiger partial charge on any atom is -0.507 e. The molecule has 192 valence electrons. The molecule has 0 saturated heterocycles. The number of unbranched alkanes of at least 4 members (excludes halogenated alkanes) is 10. The van der Waals surface area contributed by atoms with Crippen LogP contribution in [0.5, 0.6) is 17.2 Å². The number of nitrogens with zero attached hydrogens (tertiary/aromatic N) is 4. The van der Waals surface area contributed by atoms with Crippen molar-refractivity contribution in [3.05, 3.63) is 23.4 Å². The number of esters is 1. The van der Waals surface area contributed by atoms with E-state index in [1.54, 1.807) is 16.2 Å². The zero-order valence-corrected chi connectivity index (χ0v) is 21.6. The van der Waals surface area contributed by atoms with E-state index in [4.69, 9.17) is 4.74 Å². The highest BCUT2D eigenvalue weighted by Gasteiger charge is 2.23. The molecule has 1 aromatic carbocycles. The fourth-order valence-electron chi connectivity index (χ4n) is 4.50. The van der Waals surface area contributed by atoms with Gasteiger partial charge < -0.3 is 14.9 Å². The van der Waals surface area contributed by atoms with Crippen LogP contribution in [0.3, 0.4) is 0 Å². The molecule has 0 aliphatic rings. The molecule has 3 rings (SSSR count). The predicted octanol–water partition coefficient (Wildman–Crippen LogP) is 6.37. The van der Waals surface area contributed by atoms with Crippen LogP contribution in [0.25, 0.3) is 17.0 Å². The SMILES string of the molecule is CCCCCCCCCCCCCC(=O)Oc1cc(O)c(-c2nn(C)c3c(C)c(C)nn23)c(O)c1. The third-order valence-electron chi connectivity index (χ3n) is 6.59. The highest BCUT2D eigenvalue weighted by molar-refractivity contribution is 5.77. The Labute approximate surface area is 207 Å². The number of aryl methyl sites for hydroxylation is 3. The summed E-state index contributed by atoms with van der Waals surface area (Å²) in [6, 6.07) is 2.66. The molecule has 0 spiro atoms. The molecule has 3 aromatic rings. The van der Waals surface area contributed by atoms with E-state index in [1.807, 2.05) is 13.8 Å². The number of hydrogen-bond acceptors (Lipinski definition) is 6. The monoisotopic (exact) mass is 484 g/mol. The first-order chi connectivity index (χ1) is 16.8. The van der Waals surface area contributed by atoms with Gasteiger partial charge in [-0.2, -0.15) is 14.7 Å². The number of hydrogen-bond donors (Lipinski definition) is 2. The fourth-order valence-corrected chi connectivity index (χ4v) is 4.50. The van der Waals surface area contributed by atoms with Crippen LogP contribution >= 0.6 is 0 Å². The first kappa shape index (κ1) is 26.6. The van der Waals surface area contributed by atoms with E-state index in [2.05, 4.69) is 17.1 Å². The van der Waals surface area contributed by atoms with Crippen molar-refractivity contribution in [3.63, 3.8) is 0 Å². The lowest BCUT2D eigenvalue weighted by atomic mass is 10.1. The lowest BCUT2D eigenvalue weighted by Crippen LogP contribution is -2.07. The van der Waals surface area contributed by atoms with Gasteiger partial charge in [0.05, 0.1) is 5.69 Å². The van der Waals surface area contributed by atoms with Gasteiger partial charge in [-0.3, -0.25) is 4.79 Å². The summed E-state index contributed by atoms with van der Waals surface area (Å²) in [5.41, 5.74) is 2.73. The first-order valence-corrected chi connectivity index (χ1v) is 13.0. The summed E-state index contributed by atoms with van der Waals surface area (Å²) in [6.45, 7) is 6.08. The topological polar surface area (TPSA) is 102 Å². The number of carbonyl (C=O) groups excluding carboxylic acids is 1. The number of benzene rings is 1. The normalized spacial score (nSPS) is 11.4. The Balaban J connectivity index is 1.47. The largest absolute Gasteiger partial charge is 0.507 e. The molecule has 2 heterocycles. The Morgan fingerprint density at radius 3 is 2.00 bits per heavy atom. The Morgan fingerprint density at radius 1 is 0.886 bits per heavy atom. The molecule has 35 heavy (non-hydrogen) atoms. The molecular formula is C27H40N4O4. The maximum absolute atomic E-state index is 12.3. The van der Waals surface area contributed by atoms with Crippen LogP contribution in [-0.4, -0.2) is 35.6 Å². The number of carbonyl (C=O) groups is 1. The van der Waals surface area contributed by atoms with Crippen LogP contribution in [0.1, 0.15) is 95.2 Å². The van der Waals surface area contributed by atoms with Crippen LogP contribution in [0.15, 0.2) is 12.1 Å². The van der Waals surface area contributed by atoms with E-state index < -0.39 is 0 Å². The molecular weight excluding hydrogens is 444 g/mol. The van der Waals surface area contributed by atoms with Crippen molar-refractivity contribution < 1.29 is 19.7 Å². The Bertz CT molecular complexity index is 1110. The second-order valence-electron chi connectivity index (χ2n) is 9.49. The van der Waals surface area contributed by atoms with Crippen LogP contribution in [0, 0.1) is 13.8 Å². The van der Waals surface area contributed by atoms with Crippen LogP contribution in [-0.2, 0) is 11.8 Å². The highest BCUT2D eigenvalue weighted by Crippen LogP contribution is 2.40. The van der Waals surface area contributed by atoms with Crippen molar-refractivity contribution in [2.75, 3.05) is 0 Å². The smallest absolute Gasteiger partial charge is 0.311 e. The molecule has 0 atom stereocenters. The summed E-state index contributed by atoms with van der Waals surface area (Å²) < 4.78 is 8.62. The molecule has 0 amide bonds. The second-order valence-corrected chi connectivity index (χ2v) is 9.49. The predicted molar refractivity (Wildman–Crippen MR) is 137 cm³/mol. The van der Waals surface area contributed by atoms with Gasteiger partial charge in [0.1, 0.15) is 22.8 Å². The van der Waals surface area contributed by atoms with Gasteiger partial charge >= 0.3 is 5.97 Å². The summed E-state index contributed by atoms with van der Waals surface area (Å²) in [5, 5.41) is 30.1. The molecule has 2 N–H and O–H groups in total. The average Bonchev–Trinajstić information content (AvgIpc) is 3.27.